The molecule has 6 heteroatoms. The molecule has 1 saturated heterocycles. The molecule has 0 saturated carbocycles. The lowest BCUT2D eigenvalue weighted by atomic mass is 9.93. The Labute approximate surface area is 129 Å². The third-order valence-electron chi connectivity index (χ3n) is 3.49. The molecule has 1 aromatic rings. The lowest BCUT2D eigenvalue weighted by Gasteiger charge is -2.32. The Hall–Kier alpha value is -1.82. The first-order valence-electron chi connectivity index (χ1n) is 7.46. The zero-order valence-electron chi connectivity index (χ0n) is 13.1. The van der Waals surface area contributed by atoms with Gasteiger partial charge in [0, 0.05) is 17.6 Å². The fourth-order valence-corrected chi connectivity index (χ4v) is 2.56. The number of hydrogen-bond donors (Lipinski definition) is 3. The number of phenolic OH excluding ortho intramolecular Hbond substituents is 1. The molecule has 1 fully saturated rings. The molecule has 2 rings (SSSR count). The van der Waals surface area contributed by atoms with Crippen LogP contribution in [0.3, 0.4) is 0 Å². The molecule has 1 aliphatic heterocycles. The van der Waals surface area contributed by atoms with Gasteiger partial charge in [0.15, 0.2) is 0 Å². The molecule has 0 spiro atoms. The Morgan fingerprint density at radius 1 is 1.45 bits per heavy atom. The van der Waals surface area contributed by atoms with Crippen molar-refractivity contribution in [2.24, 2.45) is 0 Å². The van der Waals surface area contributed by atoms with E-state index in [9.17, 15) is 14.3 Å². The van der Waals surface area contributed by atoms with Crippen molar-refractivity contribution in [2.75, 3.05) is 6.54 Å². The summed E-state index contributed by atoms with van der Waals surface area (Å²) in [6, 6.07) is 3.60. The third kappa shape index (κ3) is 4.59. The summed E-state index contributed by atoms with van der Waals surface area (Å²) in [5, 5.41) is 16.0. The summed E-state index contributed by atoms with van der Waals surface area (Å²) >= 11 is 0. The van der Waals surface area contributed by atoms with Gasteiger partial charge in [0.2, 0.25) is 0 Å². The van der Waals surface area contributed by atoms with Crippen molar-refractivity contribution in [1.29, 1.82) is 0 Å². The first-order valence-corrected chi connectivity index (χ1v) is 7.46. The molecular formula is C16H23FN2O3. The summed E-state index contributed by atoms with van der Waals surface area (Å²) in [5.74, 6) is -0.339. The van der Waals surface area contributed by atoms with Crippen molar-refractivity contribution in [3.63, 3.8) is 0 Å². The average molecular weight is 310 g/mol. The molecule has 122 valence electrons. The maximum Gasteiger partial charge on any atom is 0.407 e. The largest absolute Gasteiger partial charge is 0.508 e. The van der Waals surface area contributed by atoms with Crippen molar-refractivity contribution in [1.82, 2.24) is 10.6 Å². The molecule has 3 N–H and O–H groups in total. The maximum absolute atomic E-state index is 13.4. The molecule has 22 heavy (non-hydrogen) atoms. The van der Waals surface area contributed by atoms with Crippen LogP contribution < -0.4 is 10.6 Å². The van der Waals surface area contributed by atoms with Gasteiger partial charge in [0.1, 0.15) is 17.2 Å². The van der Waals surface area contributed by atoms with Crippen molar-refractivity contribution < 1.29 is 19.0 Å². The molecule has 2 atom stereocenters. The highest BCUT2D eigenvalue weighted by Gasteiger charge is 2.27. The van der Waals surface area contributed by atoms with Crippen LogP contribution >= 0.6 is 0 Å². The molecule has 0 radical (unpaired) electrons. The Morgan fingerprint density at radius 2 is 2.18 bits per heavy atom. The lowest BCUT2D eigenvalue weighted by Crippen LogP contribution is -2.45. The van der Waals surface area contributed by atoms with Crippen molar-refractivity contribution in [2.45, 2.75) is 51.3 Å². The first-order chi connectivity index (χ1) is 10.2. The van der Waals surface area contributed by atoms with Gasteiger partial charge in [-0.1, -0.05) is 0 Å². The molecule has 1 aliphatic rings. The fourth-order valence-electron chi connectivity index (χ4n) is 2.56. The Balaban J connectivity index is 2.00. The van der Waals surface area contributed by atoms with Crippen molar-refractivity contribution >= 4 is 6.09 Å². The van der Waals surface area contributed by atoms with E-state index in [-0.39, 0.29) is 17.8 Å². The van der Waals surface area contributed by atoms with Crippen LogP contribution in [0.1, 0.15) is 45.2 Å². The number of benzene rings is 1. The van der Waals surface area contributed by atoms with E-state index in [0.29, 0.717) is 18.5 Å². The van der Waals surface area contributed by atoms with Gasteiger partial charge in [0.05, 0.1) is 0 Å². The van der Waals surface area contributed by atoms with Gasteiger partial charge in [-0.3, -0.25) is 0 Å². The van der Waals surface area contributed by atoms with E-state index in [1.54, 1.807) is 0 Å². The SMILES string of the molecule is CC(C)(C)OC(=O)NC1CCNC(c2cc(F)ccc2O)C1. The molecule has 0 bridgehead atoms. The van der Waals surface area contributed by atoms with E-state index >= 15 is 0 Å². The number of alkyl carbamates (subject to hydrolysis) is 1. The predicted molar refractivity (Wildman–Crippen MR) is 81.2 cm³/mol. The van der Waals surface area contributed by atoms with Gasteiger partial charge < -0.3 is 20.5 Å². The second-order valence-electron chi connectivity index (χ2n) is 6.58. The second kappa shape index (κ2) is 6.52. The number of phenols is 1. The second-order valence-corrected chi connectivity index (χ2v) is 6.58. The Kier molecular flexibility index (Phi) is 4.90. The quantitative estimate of drug-likeness (QED) is 0.785. The van der Waals surface area contributed by atoms with E-state index < -0.39 is 17.5 Å². The Bertz CT molecular complexity index is 543. The van der Waals surface area contributed by atoms with Gasteiger partial charge in [-0.25, -0.2) is 9.18 Å². The summed E-state index contributed by atoms with van der Waals surface area (Å²) in [6.07, 6.45) is 0.865. The summed E-state index contributed by atoms with van der Waals surface area (Å²) in [7, 11) is 0. The molecule has 5 nitrogen and oxygen atoms in total. The van der Waals surface area contributed by atoms with Crippen LogP contribution in [0.2, 0.25) is 0 Å². The molecule has 1 aromatic carbocycles. The summed E-state index contributed by atoms with van der Waals surface area (Å²) in [6.45, 7) is 6.09. The lowest BCUT2D eigenvalue weighted by molar-refractivity contribution is 0.0490. The van der Waals surface area contributed by atoms with Crippen LogP contribution in [0.4, 0.5) is 9.18 Å². The van der Waals surface area contributed by atoms with E-state index in [1.807, 2.05) is 20.8 Å². The Morgan fingerprint density at radius 3 is 2.86 bits per heavy atom. The number of carbonyl (C=O) groups is 1. The molecule has 1 amide bonds. The van der Waals surface area contributed by atoms with E-state index in [1.165, 1.54) is 18.2 Å². The topological polar surface area (TPSA) is 70.6 Å². The normalized spacial score (nSPS) is 22.2. The number of aromatic hydroxyl groups is 1. The molecule has 0 aromatic heterocycles. The number of halogens is 1. The van der Waals surface area contributed by atoms with Gasteiger partial charge in [-0.05, 0) is 58.4 Å². The molecular weight excluding hydrogens is 287 g/mol. The van der Waals surface area contributed by atoms with E-state index in [2.05, 4.69) is 10.6 Å². The van der Waals surface area contributed by atoms with Crippen molar-refractivity contribution in [3.8, 4) is 5.75 Å². The average Bonchev–Trinajstić information content (AvgIpc) is 2.39. The fraction of sp³-hybridized carbons (Fsp3) is 0.562. The highest BCUT2D eigenvalue weighted by molar-refractivity contribution is 5.68. The zero-order valence-corrected chi connectivity index (χ0v) is 13.1. The van der Waals surface area contributed by atoms with Crippen LogP contribution in [-0.4, -0.2) is 29.4 Å². The minimum atomic E-state index is -0.544. The van der Waals surface area contributed by atoms with Gasteiger partial charge in [-0.15, -0.1) is 0 Å². The van der Waals surface area contributed by atoms with Crippen LogP contribution in [0.25, 0.3) is 0 Å². The smallest absolute Gasteiger partial charge is 0.407 e. The maximum atomic E-state index is 13.4. The van der Waals surface area contributed by atoms with E-state index in [0.717, 1.165) is 6.42 Å². The minimum Gasteiger partial charge on any atom is -0.508 e. The number of carbonyl (C=O) groups excluding carboxylic acids is 1. The highest BCUT2D eigenvalue weighted by Crippen LogP contribution is 2.30. The monoisotopic (exact) mass is 310 g/mol. The van der Waals surface area contributed by atoms with Gasteiger partial charge in [0.25, 0.3) is 0 Å². The summed E-state index contributed by atoms with van der Waals surface area (Å²) < 4.78 is 18.6. The van der Waals surface area contributed by atoms with E-state index in [4.69, 9.17) is 4.74 Å². The van der Waals surface area contributed by atoms with Gasteiger partial charge in [-0.2, -0.15) is 0 Å². The molecule has 0 aliphatic carbocycles. The highest BCUT2D eigenvalue weighted by atomic mass is 19.1. The van der Waals surface area contributed by atoms with Gasteiger partial charge >= 0.3 is 6.09 Å². The number of ether oxygens (including phenoxy) is 1. The number of nitrogens with one attached hydrogen (secondary N) is 2. The molecule has 2 unspecified atom stereocenters. The van der Waals surface area contributed by atoms with Crippen LogP contribution in [0, 0.1) is 5.82 Å². The summed E-state index contributed by atoms with van der Waals surface area (Å²) in [4.78, 5) is 11.8. The standard InChI is InChI=1S/C16H23FN2O3/c1-16(2,3)22-15(21)19-11-6-7-18-13(9-11)12-8-10(17)4-5-14(12)20/h4-5,8,11,13,18,20H,6-7,9H2,1-3H3,(H,19,21). The minimum absolute atomic E-state index is 0.0526. The zero-order chi connectivity index (χ0) is 16.3. The number of piperidine rings is 1. The first kappa shape index (κ1) is 16.5. The summed E-state index contributed by atoms with van der Waals surface area (Å²) in [5.41, 5.74) is -0.0345. The van der Waals surface area contributed by atoms with Crippen molar-refractivity contribution in [3.05, 3.63) is 29.6 Å². The predicted octanol–water partition coefficient (Wildman–Crippen LogP) is 2.85. The van der Waals surface area contributed by atoms with Crippen LogP contribution in [0.5, 0.6) is 5.75 Å². The molecule has 1 heterocycles. The number of amides is 1. The number of hydrogen-bond acceptors (Lipinski definition) is 4. The number of rotatable bonds is 2. The van der Waals surface area contributed by atoms with Crippen LogP contribution in [-0.2, 0) is 4.74 Å². The third-order valence-corrected chi connectivity index (χ3v) is 3.49. The van der Waals surface area contributed by atoms with Crippen LogP contribution in [0.15, 0.2) is 18.2 Å².